The lowest BCUT2D eigenvalue weighted by Crippen LogP contribution is -2.43. The molecule has 1 unspecified atom stereocenters. The van der Waals surface area contributed by atoms with Crippen molar-refractivity contribution in [3.8, 4) is 0 Å². The van der Waals surface area contributed by atoms with Gasteiger partial charge in [-0.3, -0.25) is 4.79 Å². The lowest BCUT2D eigenvalue weighted by molar-refractivity contribution is -0.141. The van der Waals surface area contributed by atoms with Crippen LogP contribution in [0.3, 0.4) is 0 Å². The number of carboxylic acids is 1. The molecule has 1 amide bonds. The Labute approximate surface area is 151 Å². The van der Waals surface area contributed by atoms with Crippen LogP contribution in [0.4, 0.5) is 0 Å². The van der Waals surface area contributed by atoms with E-state index in [4.69, 9.17) is 4.42 Å². The van der Waals surface area contributed by atoms with E-state index in [0.717, 1.165) is 16.5 Å². The van der Waals surface area contributed by atoms with Crippen LogP contribution in [0.25, 0.3) is 0 Å². The molecule has 0 bridgehead atoms. The van der Waals surface area contributed by atoms with Gasteiger partial charge in [0.05, 0.1) is 5.56 Å². The van der Waals surface area contributed by atoms with Crippen LogP contribution in [0.5, 0.6) is 0 Å². The minimum absolute atomic E-state index is 0.000590. The fourth-order valence-electron chi connectivity index (χ4n) is 2.46. The maximum absolute atomic E-state index is 12.7. The fourth-order valence-corrected chi connectivity index (χ4v) is 3.17. The predicted molar refractivity (Wildman–Crippen MR) is 93.4 cm³/mol. The molecule has 0 fully saturated rings. The molecule has 140 valence electrons. The molecule has 26 heavy (non-hydrogen) atoms. The predicted octanol–water partition coefficient (Wildman–Crippen LogP) is 1.26. The van der Waals surface area contributed by atoms with Gasteiger partial charge in [0.25, 0.3) is 15.9 Å². The van der Waals surface area contributed by atoms with Crippen molar-refractivity contribution in [3.05, 3.63) is 53.3 Å². The van der Waals surface area contributed by atoms with Crippen LogP contribution < -0.4 is 4.72 Å². The van der Waals surface area contributed by atoms with E-state index < -0.39 is 33.0 Å². The molecule has 2 rings (SSSR count). The van der Waals surface area contributed by atoms with Crippen LogP contribution in [0.2, 0.25) is 0 Å². The van der Waals surface area contributed by atoms with E-state index in [0.29, 0.717) is 0 Å². The zero-order valence-corrected chi connectivity index (χ0v) is 15.4. The topological polar surface area (TPSA) is 117 Å². The summed E-state index contributed by atoms with van der Waals surface area (Å²) in [5.74, 6) is -1.69. The van der Waals surface area contributed by atoms with Crippen molar-refractivity contribution in [2.45, 2.75) is 24.5 Å². The molecule has 0 saturated carbocycles. The number of carbonyl (C=O) groups is 2. The van der Waals surface area contributed by atoms with Crippen LogP contribution in [0.15, 0.2) is 45.9 Å². The molecule has 9 heteroatoms. The van der Waals surface area contributed by atoms with Gasteiger partial charge in [0.1, 0.15) is 11.8 Å². The van der Waals surface area contributed by atoms with Gasteiger partial charge in [-0.2, -0.15) is 0 Å². The summed E-state index contributed by atoms with van der Waals surface area (Å²) in [4.78, 5) is 25.4. The second-order valence-corrected chi connectivity index (χ2v) is 7.52. The number of amides is 1. The van der Waals surface area contributed by atoms with Gasteiger partial charge in [-0.15, -0.1) is 0 Å². The first-order chi connectivity index (χ1) is 12.2. The minimum atomic E-state index is -3.85. The number of benzene rings is 1. The van der Waals surface area contributed by atoms with Crippen molar-refractivity contribution in [2.75, 3.05) is 14.1 Å². The van der Waals surface area contributed by atoms with Gasteiger partial charge < -0.3 is 14.4 Å². The fraction of sp³-hybridized carbons (Fsp3) is 0.294. The Bertz CT molecular complexity index is 905. The number of carboxylic acid groups (broad SMARTS) is 1. The van der Waals surface area contributed by atoms with Gasteiger partial charge in [0.2, 0.25) is 5.09 Å². The Kier molecular flexibility index (Phi) is 5.83. The highest BCUT2D eigenvalue weighted by Crippen LogP contribution is 2.21. The lowest BCUT2D eigenvalue weighted by atomic mass is 10.0. The molecule has 0 saturated heterocycles. The average molecular weight is 380 g/mol. The molecule has 0 aliphatic rings. The number of nitrogens with one attached hydrogen (secondary N) is 1. The van der Waals surface area contributed by atoms with Gasteiger partial charge in [0.15, 0.2) is 0 Å². The maximum Gasteiger partial charge on any atom is 0.326 e. The molecule has 0 radical (unpaired) electrons. The molecule has 2 aromatic rings. The molecule has 2 N–H and O–H groups in total. The van der Waals surface area contributed by atoms with Crippen molar-refractivity contribution in [1.82, 2.24) is 9.62 Å². The molecular formula is C17H20N2O6S. The Morgan fingerprint density at radius 3 is 2.42 bits per heavy atom. The zero-order chi connectivity index (χ0) is 19.5. The summed E-state index contributed by atoms with van der Waals surface area (Å²) in [5, 5.41) is 9.12. The van der Waals surface area contributed by atoms with E-state index in [1.54, 1.807) is 24.3 Å². The second-order valence-electron chi connectivity index (χ2n) is 5.70. The first kappa shape index (κ1) is 19.7. The Hall–Kier alpha value is -2.65. The number of hydrogen-bond donors (Lipinski definition) is 2. The number of aliphatic carboxylic acids is 1. The molecular weight excluding hydrogens is 360 g/mol. The van der Waals surface area contributed by atoms with Crippen LogP contribution in [0.1, 0.15) is 21.7 Å². The molecule has 1 aromatic carbocycles. The van der Waals surface area contributed by atoms with Crippen LogP contribution in [0, 0.1) is 6.92 Å². The van der Waals surface area contributed by atoms with Crippen molar-refractivity contribution in [1.29, 1.82) is 0 Å². The second kappa shape index (κ2) is 7.71. The molecule has 0 spiro atoms. The quantitative estimate of drug-likeness (QED) is 0.747. The van der Waals surface area contributed by atoms with Gasteiger partial charge in [-0.25, -0.2) is 17.9 Å². The summed E-state index contributed by atoms with van der Waals surface area (Å²) in [6.07, 6.45) is 0.122. The highest BCUT2D eigenvalue weighted by atomic mass is 32.2. The van der Waals surface area contributed by atoms with Crippen molar-refractivity contribution >= 4 is 21.9 Å². The maximum atomic E-state index is 12.7. The molecule has 8 nitrogen and oxygen atoms in total. The zero-order valence-electron chi connectivity index (χ0n) is 14.6. The smallest absolute Gasteiger partial charge is 0.326 e. The molecule has 0 aliphatic heterocycles. The van der Waals surface area contributed by atoms with E-state index in [1.165, 1.54) is 21.0 Å². The third kappa shape index (κ3) is 4.12. The summed E-state index contributed by atoms with van der Waals surface area (Å²) in [7, 11) is -1.26. The summed E-state index contributed by atoms with van der Waals surface area (Å²) >= 11 is 0. The molecule has 1 atom stereocenters. The first-order valence-electron chi connectivity index (χ1n) is 7.75. The Morgan fingerprint density at radius 2 is 1.88 bits per heavy atom. The molecule has 1 heterocycles. The van der Waals surface area contributed by atoms with E-state index in [-0.39, 0.29) is 17.7 Å². The number of hydrogen-bond acceptors (Lipinski definition) is 5. The van der Waals surface area contributed by atoms with Crippen LogP contribution in [-0.4, -0.2) is 50.4 Å². The molecule has 0 aliphatic carbocycles. The summed E-state index contributed by atoms with van der Waals surface area (Å²) in [6, 6.07) is 8.91. The SMILES string of the molecule is CNS(=O)(=O)c1cc(C(=O)N(C)C(Cc2ccccc2)C(=O)O)c(C)o1. The Morgan fingerprint density at radius 1 is 1.27 bits per heavy atom. The standard InChI is InChI=1S/C17H20N2O6S/c1-11-13(10-15(25-11)26(23,24)18-2)16(20)19(3)14(17(21)22)9-12-7-5-4-6-8-12/h4-8,10,14,18H,9H2,1-3H3,(H,21,22). The summed E-state index contributed by atoms with van der Waals surface area (Å²) < 4.78 is 30.9. The van der Waals surface area contributed by atoms with Crippen LogP contribution >= 0.6 is 0 Å². The number of carbonyl (C=O) groups excluding carboxylic acids is 1. The van der Waals surface area contributed by atoms with Crippen LogP contribution in [-0.2, 0) is 21.2 Å². The van der Waals surface area contributed by atoms with Crippen molar-refractivity contribution < 1.29 is 27.5 Å². The van der Waals surface area contributed by atoms with Gasteiger partial charge in [-0.1, -0.05) is 30.3 Å². The highest BCUT2D eigenvalue weighted by Gasteiger charge is 2.31. The lowest BCUT2D eigenvalue weighted by Gasteiger charge is -2.24. The largest absolute Gasteiger partial charge is 0.480 e. The number of aryl methyl sites for hydroxylation is 1. The van der Waals surface area contributed by atoms with E-state index in [9.17, 15) is 23.1 Å². The monoisotopic (exact) mass is 380 g/mol. The van der Waals surface area contributed by atoms with E-state index in [2.05, 4.69) is 4.72 Å². The highest BCUT2D eigenvalue weighted by molar-refractivity contribution is 7.89. The number of likely N-dealkylation sites (N-methyl/N-ethyl adjacent to an activating group) is 1. The Balaban J connectivity index is 2.31. The molecule has 1 aromatic heterocycles. The normalized spacial score (nSPS) is 12.6. The summed E-state index contributed by atoms with van der Waals surface area (Å²) in [6.45, 7) is 1.45. The number of sulfonamides is 1. The van der Waals surface area contributed by atoms with Gasteiger partial charge in [-0.05, 0) is 19.5 Å². The van der Waals surface area contributed by atoms with E-state index >= 15 is 0 Å². The van der Waals surface area contributed by atoms with Gasteiger partial charge >= 0.3 is 5.97 Å². The minimum Gasteiger partial charge on any atom is -0.480 e. The number of rotatable bonds is 7. The third-order valence-corrected chi connectivity index (χ3v) is 5.27. The number of nitrogens with zero attached hydrogens (tertiary/aromatic N) is 1. The summed E-state index contributed by atoms with van der Waals surface area (Å²) in [5.41, 5.74) is 0.766. The first-order valence-corrected chi connectivity index (χ1v) is 9.23. The average Bonchev–Trinajstić information content (AvgIpc) is 3.01. The van der Waals surface area contributed by atoms with Crippen molar-refractivity contribution in [3.63, 3.8) is 0 Å². The third-order valence-electron chi connectivity index (χ3n) is 4.00. The van der Waals surface area contributed by atoms with Gasteiger partial charge in [0, 0.05) is 19.5 Å². The van der Waals surface area contributed by atoms with E-state index in [1.807, 2.05) is 6.07 Å². The van der Waals surface area contributed by atoms with Crippen molar-refractivity contribution in [2.24, 2.45) is 0 Å². The number of furan rings is 1.